The van der Waals surface area contributed by atoms with Gasteiger partial charge in [-0.3, -0.25) is 4.79 Å². The van der Waals surface area contributed by atoms with Crippen molar-refractivity contribution in [3.05, 3.63) is 19.2 Å². The van der Waals surface area contributed by atoms with Crippen LogP contribution in [0.1, 0.15) is 16.6 Å². The van der Waals surface area contributed by atoms with Crippen LogP contribution in [0.2, 0.25) is 0 Å². The minimum atomic E-state index is 0.129. The summed E-state index contributed by atoms with van der Waals surface area (Å²) >= 11 is 8.28. The van der Waals surface area contributed by atoms with Crippen molar-refractivity contribution in [3.63, 3.8) is 0 Å². The van der Waals surface area contributed by atoms with Crippen LogP contribution in [-0.4, -0.2) is 36.5 Å². The summed E-state index contributed by atoms with van der Waals surface area (Å²) < 4.78 is 1.92. The van der Waals surface area contributed by atoms with Crippen molar-refractivity contribution in [2.24, 2.45) is 0 Å². The molecule has 1 aromatic heterocycles. The van der Waals surface area contributed by atoms with Gasteiger partial charge in [0.15, 0.2) is 0 Å². The van der Waals surface area contributed by atoms with E-state index in [4.69, 9.17) is 0 Å². The van der Waals surface area contributed by atoms with Gasteiger partial charge in [0.2, 0.25) is 0 Å². The van der Waals surface area contributed by atoms with Crippen LogP contribution in [0.5, 0.6) is 0 Å². The molecule has 88 valence electrons. The lowest BCUT2D eigenvalue weighted by Crippen LogP contribution is -2.51. The number of hydrogen-bond donors (Lipinski definition) is 1. The molecule has 1 aromatic rings. The third-order valence-corrected chi connectivity index (χ3v) is 5.76. The highest BCUT2D eigenvalue weighted by Gasteiger charge is 2.23. The van der Waals surface area contributed by atoms with Crippen LogP contribution in [0.3, 0.4) is 0 Å². The third kappa shape index (κ3) is 2.67. The van der Waals surface area contributed by atoms with E-state index in [1.54, 1.807) is 0 Å². The van der Waals surface area contributed by atoms with Crippen molar-refractivity contribution < 1.29 is 4.79 Å². The normalized spacial score (nSPS) is 21.2. The quantitative estimate of drug-likeness (QED) is 0.827. The molecule has 3 nitrogen and oxygen atoms in total. The fourth-order valence-electron chi connectivity index (χ4n) is 1.72. The topological polar surface area (TPSA) is 32.3 Å². The highest BCUT2D eigenvalue weighted by molar-refractivity contribution is 9.13. The van der Waals surface area contributed by atoms with Gasteiger partial charge in [-0.05, 0) is 44.8 Å². The van der Waals surface area contributed by atoms with Crippen LogP contribution in [0, 0.1) is 0 Å². The molecule has 0 unspecified atom stereocenters. The second kappa shape index (κ2) is 5.16. The predicted octanol–water partition coefficient (Wildman–Crippen LogP) is 2.71. The standard InChI is InChI=1S/C10H12Br2N2OS/c1-6-5-14(3-2-13-6)10(15)8-4-7(11)9(12)16-8/h4,6,13H,2-3,5H2,1H3/t6-/m0/s1. The SMILES string of the molecule is C[C@H]1CN(C(=O)c2cc(Br)c(Br)s2)CCN1. The van der Waals surface area contributed by atoms with Crippen molar-refractivity contribution in [2.45, 2.75) is 13.0 Å². The Morgan fingerprint density at radius 2 is 2.38 bits per heavy atom. The van der Waals surface area contributed by atoms with Gasteiger partial charge in [0.05, 0.1) is 8.66 Å². The average molecular weight is 368 g/mol. The fourth-order valence-corrected chi connectivity index (χ4v) is 3.73. The van der Waals surface area contributed by atoms with Crippen molar-refractivity contribution >= 4 is 49.1 Å². The molecule has 2 rings (SSSR count). The van der Waals surface area contributed by atoms with Gasteiger partial charge in [-0.2, -0.15) is 0 Å². The zero-order valence-corrected chi connectivity index (χ0v) is 12.8. The molecule has 1 aliphatic heterocycles. The summed E-state index contributed by atoms with van der Waals surface area (Å²) in [6, 6.07) is 2.26. The molecule has 1 N–H and O–H groups in total. The molecule has 1 fully saturated rings. The summed E-state index contributed by atoms with van der Waals surface area (Å²) in [4.78, 5) is 14.9. The highest BCUT2D eigenvalue weighted by Crippen LogP contribution is 2.33. The summed E-state index contributed by atoms with van der Waals surface area (Å²) in [7, 11) is 0. The first-order valence-electron chi connectivity index (χ1n) is 5.05. The number of thiophene rings is 1. The van der Waals surface area contributed by atoms with E-state index in [9.17, 15) is 4.79 Å². The molecule has 0 aromatic carbocycles. The first-order chi connectivity index (χ1) is 7.58. The Morgan fingerprint density at radius 1 is 1.62 bits per heavy atom. The summed E-state index contributed by atoms with van der Waals surface area (Å²) in [5.41, 5.74) is 0. The first-order valence-corrected chi connectivity index (χ1v) is 7.45. The molecule has 0 bridgehead atoms. The van der Waals surface area contributed by atoms with E-state index >= 15 is 0 Å². The monoisotopic (exact) mass is 366 g/mol. The molecule has 0 spiro atoms. The minimum absolute atomic E-state index is 0.129. The lowest BCUT2D eigenvalue weighted by atomic mass is 10.2. The van der Waals surface area contributed by atoms with E-state index in [-0.39, 0.29) is 5.91 Å². The number of hydrogen-bond acceptors (Lipinski definition) is 3. The van der Waals surface area contributed by atoms with E-state index in [1.165, 1.54) is 11.3 Å². The molecule has 16 heavy (non-hydrogen) atoms. The largest absolute Gasteiger partial charge is 0.335 e. The van der Waals surface area contributed by atoms with Gasteiger partial charge in [-0.1, -0.05) is 0 Å². The van der Waals surface area contributed by atoms with Crippen LogP contribution in [0.25, 0.3) is 0 Å². The highest BCUT2D eigenvalue weighted by atomic mass is 79.9. The number of piperazine rings is 1. The molecule has 0 saturated carbocycles. The van der Waals surface area contributed by atoms with Crippen LogP contribution in [-0.2, 0) is 0 Å². The van der Waals surface area contributed by atoms with Gasteiger partial charge >= 0.3 is 0 Å². The zero-order valence-electron chi connectivity index (χ0n) is 8.80. The van der Waals surface area contributed by atoms with E-state index in [0.29, 0.717) is 6.04 Å². The number of halogens is 2. The van der Waals surface area contributed by atoms with E-state index in [1.807, 2.05) is 11.0 Å². The Kier molecular flexibility index (Phi) is 4.05. The molecule has 1 aliphatic rings. The van der Waals surface area contributed by atoms with E-state index < -0.39 is 0 Å². The summed E-state index contributed by atoms with van der Waals surface area (Å²) in [5.74, 6) is 0.129. The maximum absolute atomic E-state index is 12.2. The van der Waals surface area contributed by atoms with Gasteiger partial charge in [0, 0.05) is 30.1 Å². The van der Waals surface area contributed by atoms with Gasteiger partial charge in [-0.15, -0.1) is 11.3 Å². The Bertz CT molecular complexity index is 388. The smallest absolute Gasteiger partial charge is 0.264 e. The number of rotatable bonds is 1. The molecule has 0 radical (unpaired) electrons. The van der Waals surface area contributed by atoms with E-state index in [0.717, 1.165) is 32.8 Å². The number of carbonyl (C=O) groups excluding carboxylic acids is 1. The van der Waals surface area contributed by atoms with Gasteiger partial charge in [-0.25, -0.2) is 0 Å². The van der Waals surface area contributed by atoms with Crippen LogP contribution in [0.4, 0.5) is 0 Å². The predicted molar refractivity (Wildman–Crippen MR) is 73.1 cm³/mol. The Labute approximate surface area is 115 Å². The molecule has 6 heteroatoms. The Hall–Kier alpha value is 0.0900. The maximum Gasteiger partial charge on any atom is 0.264 e. The molecule has 2 heterocycles. The van der Waals surface area contributed by atoms with Crippen molar-refractivity contribution in [1.82, 2.24) is 10.2 Å². The Morgan fingerprint density at radius 3 is 2.94 bits per heavy atom. The average Bonchev–Trinajstić information content (AvgIpc) is 2.58. The van der Waals surface area contributed by atoms with Gasteiger partial charge in [0.1, 0.15) is 0 Å². The van der Waals surface area contributed by atoms with Crippen LogP contribution >= 0.6 is 43.2 Å². The molecular formula is C10H12Br2N2OS. The summed E-state index contributed by atoms with van der Waals surface area (Å²) in [6.45, 7) is 4.54. The molecular weight excluding hydrogens is 356 g/mol. The second-order valence-electron chi connectivity index (χ2n) is 3.84. The number of nitrogens with zero attached hydrogens (tertiary/aromatic N) is 1. The number of carbonyl (C=O) groups is 1. The fraction of sp³-hybridized carbons (Fsp3) is 0.500. The van der Waals surface area contributed by atoms with Crippen molar-refractivity contribution in [1.29, 1.82) is 0 Å². The summed E-state index contributed by atoms with van der Waals surface area (Å²) in [6.07, 6.45) is 0. The van der Waals surface area contributed by atoms with Crippen LogP contribution in [0.15, 0.2) is 14.3 Å². The first kappa shape index (κ1) is 12.5. The number of nitrogens with one attached hydrogen (secondary N) is 1. The van der Waals surface area contributed by atoms with Crippen molar-refractivity contribution in [2.75, 3.05) is 19.6 Å². The molecule has 1 saturated heterocycles. The lowest BCUT2D eigenvalue weighted by Gasteiger charge is -2.31. The van der Waals surface area contributed by atoms with Crippen molar-refractivity contribution in [3.8, 4) is 0 Å². The minimum Gasteiger partial charge on any atom is -0.335 e. The maximum atomic E-state index is 12.2. The van der Waals surface area contributed by atoms with Gasteiger partial charge in [0.25, 0.3) is 5.91 Å². The Balaban J connectivity index is 2.12. The molecule has 1 amide bonds. The van der Waals surface area contributed by atoms with Crippen LogP contribution < -0.4 is 5.32 Å². The second-order valence-corrected chi connectivity index (χ2v) is 7.06. The van der Waals surface area contributed by atoms with Gasteiger partial charge < -0.3 is 10.2 Å². The molecule has 0 aliphatic carbocycles. The van der Waals surface area contributed by atoms with E-state index in [2.05, 4.69) is 44.1 Å². The number of amides is 1. The zero-order chi connectivity index (χ0) is 11.7. The molecule has 1 atom stereocenters. The summed E-state index contributed by atoms with van der Waals surface area (Å²) in [5, 5.41) is 3.33. The lowest BCUT2D eigenvalue weighted by molar-refractivity contribution is 0.0714. The third-order valence-electron chi connectivity index (χ3n) is 2.51.